The minimum atomic E-state index is -2.01. The third kappa shape index (κ3) is 14.6. The van der Waals surface area contributed by atoms with Gasteiger partial charge in [-0.25, -0.2) is 4.79 Å². The lowest BCUT2D eigenvalue weighted by Crippen LogP contribution is -2.69. The molecule has 0 bridgehead atoms. The number of carbonyl (C=O) groups excluding carboxylic acids is 5. The minimum absolute atomic E-state index is 0.104. The second-order valence-corrected chi connectivity index (χ2v) is 31.9. The van der Waals surface area contributed by atoms with Gasteiger partial charge in [-0.2, -0.15) is 0 Å². The van der Waals surface area contributed by atoms with Crippen LogP contribution in [0.1, 0.15) is 118 Å². The van der Waals surface area contributed by atoms with Gasteiger partial charge in [0.15, 0.2) is 43.5 Å². The second kappa shape index (κ2) is 30.6. The van der Waals surface area contributed by atoms with Crippen molar-refractivity contribution in [3.8, 4) is 0 Å². The lowest BCUT2D eigenvalue weighted by atomic mass is 9.33. The summed E-state index contributed by atoms with van der Waals surface area (Å²) in [6, 6.07) is 7.33. The zero-order valence-corrected chi connectivity index (χ0v) is 59.0. The van der Waals surface area contributed by atoms with E-state index in [0.717, 1.165) is 18.8 Å². The molecule has 12 N–H and O–H groups in total. The van der Waals surface area contributed by atoms with Gasteiger partial charge in [0.1, 0.15) is 98.3 Å². The summed E-state index contributed by atoms with van der Waals surface area (Å²) in [5, 5.41) is 133. The highest BCUT2D eigenvalue weighted by atomic mass is 16.8. The van der Waals surface area contributed by atoms with Crippen molar-refractivity contribution in [2.45, 2.75) is 274 Å². The van der Waals surface area contributed by atoms with E-state index in [1.54, 1.807) is 19.1 Å². The van der Waals surface area contributed by atoms with Crippen molar-refractivity contribution in [2.24, 2.45) is 62.6 Å². The van der Waals surface area contributed by atoms with Gasteiger partial charge in [0.05, 0.1) is 49.0 Å². The largest absolute Gasteiger partial charge is 0.465 e. The standard InChI is InChI=1S/C72H104O30/c1-31-11-13-35(14-12-31)15-18-46(79)98-57-33(3)93-66(61(59(57)94-34(4)76)101-64-55(87)52(84)48(80)32(2)92-64)102-62(89)37-24-68(5,6)23-36-38-16-17-44-69(7)21-20-45(70(8,29-74)43(69)19-22-71(44,9)72(38,10)25-39(77)47(36)37)97-67-60(100-65-56(88)53(85)50(82)41(26-73)95-65)58(51(83)42(96-67)28-90-30-75)99-63-54(86)49(81)40(78)27-91-63/h11-18,29-30,32-33,36-45,47-61,63-67,73,77-78,80-88H,19-28H2,1-10H3/b18-15+/t32?,33?,36-,37+,38?,39+,40?,41?,42?,43+,44+,45-,47?,48?,49?,50?,51?,52?,53?,54?,55?,56?,57?,58?,59?,60?,61?,63?,64?,65?,66?,67?,69-,70-,71+,72+/m0/s1. The van der Waals surface area contributed by atoms with Gasteiger partial charge < -0.3 is 128 Å². The number of aliphatic hydroxyl groups is 12. The SMILES string of the molecule is CC(=O)OC1C(OC(=O)/C=C/c2ccc(C)cc2)C(C)OC(OC(=O)[C@@H]2CC(C)(C)C[C@@H]3C2[C@H](O)C[C@]2(C)C3C=C[C@@H]3[C@@]4(C)CC[C@H](OC5OC(COC=O)C(O)C(OC6OCC(O)C(O)C6O)C5OC5OC(CO)C(O)C(O)C5O)[C@@](C)(C=O)[C@@H]4CC[C@]32C)C1OC1OC(C)C(O)C(O)C1O. The van der Waals surface area contributed by atoms with Crippen LogP contribution in [0.2, 0.25) is 0 Å². The van der Waals surface area contributed by atoms with Crippen LogP contribution in [0.4, 0.5) is 0 Å². The highest BCUT2D eigenvalue weighted by molar-refractivity contribution is 5.87. The van der Waals surface area contributed by atoms with Crippen LogP contribution in [0.5, 0.6) is 0 Å². The van der Waals surface area contributed by atoms with Gasteiger partial charge in [-0.05, 0) is 123 Å². The van der Waals surface area contributed by atoms with E-state index in [2.05, 4.69) is 32.9 Å². The summed E-state index contributed by atoms with van der Waals surface area (Å²) in [5.74, 6) is -5.35. The molecule has 30 nitrogen and oxygen atoms in total. The summed E-state index contributed by atoms with van der Waals surface area (Å²) < 4.78 is 79.1. The molecule has 5 heterocycles. The lowest BCUT2D eigenvalue weighted by Gasteiger charge is -2.71. The Morgan fingerprint density at radius 3 is 1.87 bits per heavy atom. The van der Waals surface area contributed by atoms with Crippen LogP contribution in [0, 0.1) is 69.5 Å². The number of rotatable bonds is 19. The Hall–Kier alpha value is -4.59. The van der Waals surface area contributed by atoms with Crippen molar-refractivity contribution in [3.05, 3.63) is 53.6 Å². The van der Waals surface area contributed by atoms with Crippen LogP contribution in [0.25, 0.3) is 6.08 Å². The number of allylic oxidation sites excluding steroid dienone is 2. The molecule has 572 valence electrons. The van der Waals surface area contributed by atoms with E-state index in [4.69, 9.17) is 61.6 Å². The minimum Gasteiger partial charge on any atom is -0.465 e. The molecule has 4 saturated carbocycles. The molecule has 0 amide bonds. The number of carbonyl (C=O) groups is 5. The Morgan fingerprint density at radius 2 is 1.22 bits per heavy atom. The molecular weight excluding hydrogens is 1340 g/mol. The average molecular weight is 1450 g/mol. The van der Waals surface area contributed by atoms with E-state index in [1.165, 1.54) is 26.0 Å². The Labute approximate surface area is 591 Å². The van der Waals surface area contributed by atoms with Crippen molar-refractivity contribution in [2.75, 3.05) is 19.8 Å². The molecule has 5 aliphatic carbocycles. The molecule has 1 aromatic carbocycles. The first kappa shape index (κ1) is 78.5. The fourth-order valence-electron chi connectivity index (χ4n) is 19.4. The number of esters is 3. The van der Waals surface area contributed by atoms with E-state index in [-0.39, 0.29) is 43.5 Å². The molecule has 11 rings (SSSR count). The predicted molar refractivity (Wildman–Crippen MR) is 347 cm³/mol. The number of benzene rings is 1. The fourth-order valence-corrected chi connectivity index (χ4v) is 19.4. The van der Waals surface area contributed by atoms with Gasteiger partial charge >= 0.3 is 17.9 Å². The number of ether oxygens (including phenoxy) is 13. The normalized spacial score (nSPS) is 49.2. The molecule has 26 unspecified atom stereocenters. The molecule has 5 saturated heterocycles. The Morgan fingerprint density at radius 1 is 0.588 bits per heavy atom. The quantitative estimate of drug-likeness (QED) is 0.0211. The third-order valence-electron chi connectivity index (χ3n) is 24.9. The third-order valence-corrected chi connectivity index (χ3v) is 24.9. The lowest BCUT2D eigenvalue weighted by molar-refractivity contribution is -0.395. The highest BCUT2D eigenvalue weighted by Gasteiger charge is 2.71. The van der Waals surface area contributed by atoms with Crippen LogP contribution in [0.3, 0.4) is 0 Å². The maximum atomic E-state index is 15.5. The Kier molecular flexibility index (Phi) is 23.5. The summed E-state index contributed by atoms with van der Waals surface area (Å²) >= 11 is 0. The van der Waals surface area contributed by atoms with Gasteiger partial charge in [-0.15, -0.1) is 0 Å². The van der Waals surface area contributed by atoms with Crippen LogP contribution in [0.15, 0.2) is 42.5 Å². The molecule has 1 aromatic rings. The smallest absolute Gasteiger partial charge is 0.331 e. The zero-order valence-electron chi connectivity index (χ0n) is 59.0. The van der Waals surface area contributed by atoms with E-state index < -0.39 is 242 Å². The van der Waals surface area contributed by atoms with Gasteiger partial charge in [0.2, 0.25) is 6.29 Å². The molecule has 0 radical (unpaired) electrons. The maximum Gasteiger partial charge on any atom is 0.331 e. The highest BCUT2D eigenvalue weighted by Crippen LogP contribution is 2.75. The number of aldehydes is 1. The summed E-state index contributed by atoms with van der Waals surface area (Å²) in [7, 11) is 0. The zero-order chi connectivity index (χ0) is 74.2. The molecule has 36 atom stereocenters. The first-order valence-corrected chi connectivity index (χ1v) is 35.5. The number of aryl methyl sites for hydroxylation is 1. The van der Waals surface area contributed by atoms with Crippen molar-refractivity contribution in [1.82, 2.24) is 0 Å². The van der Waals surface area contributed by atoms with E-state index in [1.807, 2.05) is 32.9 Å². The molecule has 30 heteroatoms. The molecule has 0 aromatic heterocycles. The summed E-state index contributed by atoms with van der Waals surface area (Å²) in [4.78, 5) is 68.1. The summed E-state index contributed by atoms with van der Waals surface area (Å²) in [6.45, 7) is 16.5. The number of hydrogen-bond donors (Lipinski definition) is 12. The number of fused-ring (bicyclic) bond motifs is 7. The van der Waals surface area contributed by atoms with Crippen molar-refractivity contribution in [1.29, 1.82) is 0 Å². The van der Waals surface area contributed by atoms with E-state index >= 15 is 4.79 Å². The molecule has 102 heavy (non-hydrogen) atoms. The Bertz CT molecular complexity index is 3170. The van der Waals surface area contributed by atoms with Gasteiger partial charge in [-0.1, -0.05) is 83.5 Å². The van der Waals surface area contributed by atoms with Gasteiger partial charge in [0.25, 0.3) is 6.47 Å². The van der Waals surface area contributed by atoms with Crippen LogP contribution in [-0.2, 0) is 85.6 Å². The number of aliphatic hydroxyl groups excluding tert-OH is 12. The predicted octanol–water partition coefficient (Wildman–Crippen LogP) is -0.331. The van der Waals surface area contributed by atoms with Crippen LogP contribution >= 0.6 is 0 Å². The molecular formula is C72H104O30. The topological polar surface area (TPSA) is 448 Å². The van der Waals surface area contributed by atoms with Gasteiger partial charge in [0, 0.05) is 18.9 Å². The van der Waals surface area contributed by atoms with Crippen molar-refractivity contribution in [3.63, 3.8) is 0 Å². The van der Waals surface area contributed by atoms with Gasteiger partial charge in [-0.3, -0.25) is 14.4 Å². The summed E-state index contributed by atoms with van der Waals surface area (Å²) in [6.07, 6.45) is -32.0. The monoisotopic (exact) mass is 1450 g/mol. The molecule has 9 fully saturated rings. The fraction of sp³-hybridized carbons (Fsp3) is 0.792. The molecule has 0 spiro atoms. The first-order chi connectivity index (χ1) is 48.0. The van der Waals surface area contributed by atoms with E-state index in [9.17, 15) is 80.5 Å². The summed E-state index contributed by atoms with van der Waals surface area (Å²) in [5.41, 5.74) is -2.07. The molecule has 5 aliphatic heterocycles. The maximum absolute atomic E-state index is 15.5. The Balaban J connectivity index is 0.864. The molecule has 10 aliphatic rings. The van der Waals surface area contributed by atoms with Crippen LogP contribution < -0.4 is 0 Å². The van der Waals surface area contributed by atoms with Crippen molar-refractivity contribution < 1.29 is 147 Å². The second-order valence-electron chi connectivity index (χ2n) is 31.9. The first-order valence-electron chi connectivity index (χ1n) is 35.5. The number of hydrogen-bond acceptors (Lipinski definition) is 30. The van der Waals surface area contributed by atoms with E-state index in [0.29, 0.717) is 31.2 Å². The van der Waals surface area contributed by atoms with Crippen molar-refractivity contribution >= 4 is 36.7 Å². The average Bonchev–Trinajstić information content (AvgIpc) is 0.676. The van der Waals surface area contributed by atoms with Crippen LogP contribution in [-0.4, -0.2) is 271 Å².